The van der Waals surface area contributed by atoms with Crippen LogP contribution in [0, 0.1) is 29.6 Å². The van der Waals surface area contributed by atoms with Crippen LogP contribution in [0.1, 0.15) is 45.4 Å². The minimum absolute atomic E-state index is 0.422. The van der Waals surface area contributed by atoms with Crippen LogP contribution in [0.5, 0.6) is 0 Å². The number of hydrogen-bond acceptors (Lipinski definition) is 1. The molecule has 2 bridgehead atoms. The summed E-state index contributed by atoms with van der Waals surface area (Å²) >= 11 is 0. The maximum Gasteiger partial charge on any atom is 0.136 e. The third-order valence-corrected chi connectivity index (χ3v) is 5.13. The van der Waals surface area contributed by atoms with E-state index in [1.54, 1.807) is 0 Å². The highest BCUT2D eigenvalue weighted by molar-refractivity contribution is 5.83. The van der Waals surface area contributed by atoms with Crippen LogP contribution >= 0.6 is 0 Å². The molecule has 3 aliphatic rings. The van der Waals surface area contributed by atoms with Crippen molar-refractivity contribution in [3.63, 3.8) is 0 Å². The molecule has 88 valence electrons. The van der Waals surface area contributed by atoms with E-state index >= 15 is 0 Å². The summed E-state index contributed by atoms with van der Waals surface area (Å²) in [6.07, 6.45) is 12.1. The van der Waals surface area contributed by atoms with Gasteiger partial charge in [0.2, 0.25) is 0 Å². The van der Waals surface area contributed by atoms with E-state index in [0.717, 1.165) is 24.2 Å². The Labute approximate surface area is 98.3 Å². The molecule has 1 nitrogen and oxygen atoms in total. The maximum atomic E-state index is 12.1. The van der Waals surface area contributed by atoms with Gasteiger partial charge in [0.15, 0.2) is 0 Å². The summed E-state index contributed by atoms with van der Waals surface area (Å²) in [6.45, 7) is 2.27. The number of Topliss-reactive ketones (excluding diaryl/α,β-unsaturated/α-hetero) is 1. The van der Waals surface area contributed by atoms with Crippen LogP contribution in [0.3, 0.4) is 0 Å². The van der Waals surface area contributed by atoms with E-state index in [2.05, 4.69) is 19.1 Å². The molecule has 0 spiro atoms. The third-order valence-electron chi connectivity index (χ3n) is 5.13. The number of carbonyl (C=O) groups is 1. The van der Waals surface area contributed by atoms with Gasteiger partial charge in [0.1, 0.15) is 5.78 Å². The Morgan fingerprint density at radius 3 is 2.94 bits per heavy atom. The minimum atomic E-state index is 0.422. The fourth-order valence-corrected chi connectivity index (χ4v) is 4.45. The van der Waals surface area contributed by atoms with Gasteiger partial charge in [-0.05, 0) is 36.5 Å². The largest absolute Gasteiger partial charge is 0.299 e. The smallest absolute Gasteiger partial charge is 0.136 e. The van der Waals surface area contributed by atoms with Crippen LogP contribution < -0.4 is 0 Å². The number of allylic oxidation sites excluding steroid dienone is 2. The summed E-state index contributed by atoms with van der Waals surface area (Å²) in [5.74, 6) is 3.94. The minimum Gasteiger partial charge on any atom is -0.299 e. The topological polar surface area (TPSA) is 17.1 Å². The van der Waals surface area contributed by atoms with Gasteiger partial charge in [0.05, 0.1) is 0 Å². The van der Waals surface area contributed by atoms with Crippen LogP contribution in [0.15, 0.2) is 12.2 Å². The molecule has 0 aromatic heterocycles. The van der Waals surface area contributed by atoms with Gasteiger partial charge in [-0.1, -0.05) is 38.3 Å². The lowest BCUT2D eigenvalue weighted by Gasteiger charge is -2.38. The van der Waals surface area contributed by atoms with E-state index in [0.29, 0.717) is 17.6 Å². The highest BCUT2D eigenvalue weighted by Gasteiger charge is 2.52. The summed E-state index contributed by atoms with van der Waals surface area (Å²) in [4.78, 5) is 12.1. The number of ketones is 1. The summed E-state index contributed by atoms with van der Waals surface area (Å²) in [7, 11) is 0. The Balaban J connectivity index is 1.78. The molecule has 0 radical (unpaired) electrons. The Morgan fingerprint density at radius 1 is 1.31 bits per heavy atom. The second kappa shape index (κ2) is 4.01. The van der Waals surface area contributed by atoms with Crippen LogP contribution in [0.2, 0.25) is 0 Å². The van der Waals surface area contributed by atoms with Crippen LogP contribution in [0.4, 0.5) is 0 Å². The zero-order valence-electron chi connectivity index (χ0n) is 10.2. The van der Waals surface area contributed by atoms with Crippen LogP contribution in [0.25, 0.3) is 0 Å². The second-order valence-electron chi connectivity index (χ2n) is 5.96. The van der Waals surface area contributed by atoms with Crippen molar-refractivity contribution in [3.8, 4) is 0 Å². The van der Waals surface area contributed by atoms with E-state index in [1.165, 1.54) is 32.1 Å². The standard InChI is InChI=1S/C15H22O/c1-2-3-4-10-7-8-13(16)15-12-6-5-11(9-12)14(10)15/h5-6,10-12,14-15H,2-4,7-9H2,1H3/t10-,11+,12-,14-,15+/m0/s1. The number of fused-ring (bicyclic) bond motifs is 5. The highest BCUT2D eigenvalue weighted by Crippen LogP contribution is 2.55. The second-order valence-corrected chi connectivity index (χ2v) is 5.96. The fraction of sp³-hybridized carbons (Fsp3) is 0.800. The van der Waals surface area contributed by atoms with Crippen LogP contribution in [-0.2, 0) is 4.79 Å². The molecule has 2 fully saturated rings. The maximum absolute atomic E-state index is 12.1. The van der Waals surface area contributed by atoms with E-state index < -0.39 is 0 Å². The molecule has 1 heteroatoms. The Morgan fingerprint density at radius 2 is 2.12 bits per heavy atom. The quantitative estimate of drug-likeness (QED) is 0.662. The van der Waals surface area contributed by atoms with Crippen molar-refractivity contribution in [2.24, 2.45) is 29.6 Å². The molecule has 2 saturated carbocycles. The van der Waals surface area contributed by atoms with Gasteiger partial charge in [-0.3, -0.25) is 4.79 Å². The average molecular weight is 218 g/mol. The SMILES string of the molecule is CCCC[C@H]1CCC(=O)[C@@H]2[C@@H]1[C@@H]1C=C[C@H]2C1. The summed E-state index contributed by atoms with van der Waals surface area (Å²) in [5, 5.41) is 0. The van der Waals surface area contributed by atoms with Gasteiger partial charge in [-0.15, -0.1) is 0 Å². The third kappa shape index (κ3) is 1.48. The predicted molar refractivity (Wildman–Crippen MR) is 65.0 cm³/mol. The van der Waals surface area contributed by atoms with Crippen molar-refractivity contribution in [3.05, 3.63) is 12.2 Å². The van der Waals surface area contributed by atoms with Crippen molar-refractivity contribution in [2.75, 3.05) is 0 Å². The molecule has 0 N–H and O–H groups in total. The van der Waals surface area contributed by atoms with E-state index in [1.807, 2.05) is 0 Å². The summed E-state index contributed by atoms with van der Waals surface area (Å²) < 4.78 is 0. The van der Waals surface area contributed by atoms with Crippen molar-refractivity contribution in [2.45, 2.75) is 45.4 Å². The summed E-state index contributed by atoms with van der Waals surface area (Å²) in [5.41, 5.74) is 0. The summed E-state index contributed by atoms with van der Waals surface area (Å²) in [6, 6.07) is 0. The van der Waals surface area contributed by atoms with E-state index in [4.69, 9.17) is 0 Å². The van der Waals surface area contributed by atoms with Crippen LogP contribution in [-0.4, -0.2) is 5.78 Å². The first kappa shape index (κ1) is 10.6. The first-order valence-corrected chi connectivity index (χ1v) is 7.02. The first-order valence-electron chi connectivity index (χ1n) is 7.02. The van der Waals surface area contributed by atoms with Crippen molar-refractivity contribution in [1.82, 2.24) is 0 Å². The number of hydrogen-bond donors (Lipinski definition) is 0. The number of rotatable bonds is 3. The molecule has 0 aromatic rings. The van der Waals surface area contributed by atoms with E-state index in [9.17, 15) is 4.79 Å². The fourth-order valence-electron chi connectivity index (χ4n) is 4.45. The van der Waals surface area contributed by atoms with Crippen molar-refractivity contribution < 1.29 is 4.79 Å². The highest BCUT2D eigenvalue weighted by atomic mass is 16.1. The lowest BCUT2D eigenvalue weighted by atomic mass is 9.65. The Hall–Kier alpha value is -0.590. The van der Waals surface area contributed by atoms with Gasteiger partial charge in [0.25, 0.3) is 0 Å². The van der Waals surface area contributed by atoms with Crippen molar-refractivity contribution in [1.29, 1.82) is 0 Å². The molecule has 5 atom stereocenters. The number of carbonyl (C=O) groups excluding carboxylic acids is 1. The molecule has 0 aromatic carbocycles. The number of unbranched alkanes of at least 4 members (excludes halogenated alkanes) is 1. The predicted octanol–water partition coefficient (Wildman–Crippen LogP) is 3.59. The Kier molecular flexibility index (Phi) is 2.65. The molecule has 0 amide bonds. The average Bonchev–Trinajstić information content (AvgIpc) is 2.89. The Bertz CT molecular complexity index is 317. The zero-order valence-corrected chi connectivity index (χ0v) is 10.2. The van der Waals surface area contributed by atoms with Gasteiger partial charge in [0, 0.05) is 12.3 Å². The molecule has 16 heavy (non-hydrogen) atoms. The lowest BCUT2D eigenvalue weighted by molar-refractivity contribution is -0.129. The molecule has 3 rings (SSSR count). The molecule has 0 aliphatic heterocycles. The zero-order chi connectivity index (χ0) is 11.1. The van der Waals surface area contributed by atoms with Gasteiger partial charge < -0.3 is 0 Å². The van der Waals surface area contributed by atoms with E-state index in [-0.39, 0.29) is 0 Å². The molecule has 0 saturated heterocycles. The van der Waals surface area contributed by atoms with Crippen molar-refractivity contribution >= 4 is 5.78 Å². The molecule has 0 heterocycles. The van der Waals surface area contributed by atoms with Gasteiger partial charge in [-0.25, -0.2) is 0 Å². The first-order chi connectivity index (χ1) is 7.81. The van der Waals surface area contributed by atoms with Gasteiger partial charge in [-0.2, -0.15) is 0 Å². The molecular formula is C15H22O. The normalized spacial score (nSPS) is 45.1. The molecular weight excluding hydrogens is 196 g/mol. The van der Waals surface area contributed by atoms with Gasteiger partial charge >= 0.3 is 0 Å². The lowest BCUT2D eigenvalue weighted by Crippen LogP contribution is -2.37. The monoisotopic (exact) mass is 218 g/mol. The molecule has 3 aliphatic carbocycles. The molecule has 0 unspecified atom stereocenters.